The van der Waals surface area contributed by atoms with Crippen LogP contribution >= 0.6 is 11.3 Å². The Morgan fingerprint density at radius 1 is 1.29 bits per heavy atom. The molecule has 0 amide bonds. The quantitative estimate of drug-likeness (QED) is 0.907. The first-order valence-electron chi connectivity index (χ1n) is 5.21. The highest BCUT2D eigenvalue weighted by Crippen LogP contribution is 2.12. The summed E-state index contributed by atoms with van der Waals surface area (Å²) in [7, 11) is 0. The molecule has 1 aromatic carbocycles. The van der Waals surface area contributed by atoms with Crippen LogP contribution < -0.4 is 5.32 Å². The van der Waals surface area contributed by atoms with Gasteiger partial charge in [-0.1, -0.05) is 6.07 Å². The van der Waals surface area contributed by atoms with Gasteiger partial charge in [-0.2, -0.15) is 0 Å². The average molecular weight is 254 g/mol. The first-order valence-corrected chi connectivity index (χ1v) is 6.03. The van der Waals surface area contributed by atoms with Crippen LogP contribution in [0.5, 0.6) is 0 Å². The van der Waals surface area contributed by atoms with E-state index < -0.39 is 11.6 Å². The lowest BCUT2D eigenvalue weighted by atomic mass is 10.2. The van der Waals surface area contributed by atoms with Gasteiger partial charge in [-0.05, 0) is 13.0 Å². The van der Waals surface area contributed by atoms with Crippen LogP contribution in [0.1, 0.15) is 15.4 Å². The molecule has 0 atom stereocenters. The van der Waals surface area contributed by atoms with E-state index in [0.29, 0.717) is 18.7 Å². The van der Waals surface area contributed by atoms with E-state index in [0.717, 1.165) is 16.0 Å². The van der Waals surface area contributed by atoms with E-state index >= 15 is 0 Å². The van der Waals surface area contributed by atoms with Gasteiger partial charge in [-0.25, -0.2) is 13.8 Å². The van der Waals surface area contributed by atoms with Gasteiger partial charge in [-0.3, -0.25) is 0 Å². The minimum Gasteiger partial charge on any atom is -0.308 e. The molecule has 2 nitrogen and oxygen atoms in total. The third kappa shape index (κ3) is 3.31. The summed E-state index contributed by atoms with van der Waals surface area (Å²) in [5.41, 5.74) is 0.465. The maximum absolute atomic E-state index is 13.3. The molecule has 1 aromatic heterocycles. The van der Waals surface area contributed by atoms with Crippen LogP contribution in [-0.4, -0.2) is 4.98 Å². The van der Waals surface area contributed by atoms with E-state index in [9.17, 15) is 8.78 Å². The number of hydrogen-bond acceptors (Lipinski definition) is 3. The highest BCUT2D eigenvalue weighted by molar-refractivity contribution is 7.11. The standard InChI is InChI=1S/C12H12F2N2S/c1-8-16-7-11(17-8)6-15-5-9-2-3-10(13)4-12(9)14/h2-4,7,15H,5-6H2,1H3. The second-order valence-corrected chi connectivity index (χ2v) is 5.00. The molecule has 0 radical (unpaired) electrons. The summed E-state index contributed by atoms with van der Waals surface area (Å²) in [6.07, 6.45) is 1.80. The molecule has 0 saturated heterocycles. The summed E-state index contributed by atoms with van der Waals surface area (Å²) >= 11 is 1.60. The molecule has 90 valence electrons. The molecule has 0 unspecified atom stereocenters. The van der Waals surface area contributed by atoms with Crippen LogP contribution in [-0.2, 0) is 13.1 Å². The van der Waals surface area contributed by atoms with Gasteiger partial charge in [0.1, 0.15) is 11.6 Å². The monoisotopic (exact) mass is 254 g/mol. The van der Waals surface area contributed by atoms with Crippen LogP contribution in [0, 0.1) is 18.6 Å². The summed E-state index contributed by atoms with van der Waals surface area (Å²) in [6.45, 7) is 2.96. The van der Waals surface area contributed by atoms with Crippen LogP contribution in [0.4, 0.5) is 8.78 Å². The van der Waals surface area contributed by atoms with Gasteiger partial charge in [-0.15, -0.1) is 11.3 Å². The lowest BCUT2D eigenvalue weighted by Crippen LogP contribution is -2.13. The molecule has 0 bridgehead atoms. The van der Waals surface area contributed by atoms with Crippen molar-refractivity contribution in [2.75, 3.05) is 0 Å². The summed E-state index contributed by atoms with van der Waals surface area (Å²) in [5, 5.41) is 4.11. The summed E-state index contributed by atoms with van der Waals surface area (Å²) < 4.78 is 26.0. The largest absolute Gasteiger partial charge is 0.308 e. The Bertz CT molecular complexity index is 511. The van der Waals surface area contributed by atoms with E-state index in [1.807, 2.05) is 6.92 Å². The predicted molar refractivity (Wildman–Crippen MR) is 63.8 cm³/mol. The zero-order chi connectivity index (χ0) is 12.3. The van der Waals surface area contributed by atoms with Crippen molar-refractivity contribution in [3.63, 3.8) is 0 Å². The second-order valence-electron chi connectivity index (χ2n) is 3.68. The number of thiazole rings is 1. The molecule has 1 heterocycles. The Hall–Kier alpha value is -1.33. The third-order valence-electron chi connectivity index (χ3n) is 2.30. The zero-order valence-electron chi connectivity index (χ0n) is 9.34. The van der Waals surface area contributed by atoms with Crippen LogP contribution in [0.3, 0.4) is 0 Å². The fourth-order valence-electron chi connectivity index (χ4n) is 1.47. The number of halogens is 2. The number of aryl methyl sites for hydroxylation is 1. The van der Waals surface area contributed by atoms with Gasteiger partial charge in [0.15, 0.2) is 0 Å². The highest BCUT2D eigenvalue weighted by Gasteiger charge is 2.03. The van der Waals surface area contributed by atoms with Gasteiger partial charge in [0.05, 0.1) is 5.01 Å². The normalized spacial score (nSPS) is 10.8. The Morgan fingerprint density at radius 3 is 2.76 bits per heavy atom. The topological polar surface area (TPSA) is 24.9 Å². The Morgan fingerprint density at radius 2 is 2.12 bits per heavy atom. The number of nitrogens with one attached hydrogen (secondary N) is 1. The van der Waals surface area contributed by atoms with E-state index in [4.69, 9.17) is 0 Å². The average Bonchev–Trinajstić information content (AvgIpc) is 2.68. The van der Waals surface area contributed by atoms with Crippen LogP contribution in [0.15, 0.2) is 24.4 Å². The number of aromatic nitrogens is 1. The summed E-state index contributed by atoms with van der Waals surface area (Å²) in [5.74, 6) is -1.07. The van der Waals surface area contributed by atoms with Crippen molar-refractivity contribution in [3.8, 4) is 0 Å². The number of benzene rings is 1. The first kappa shape index (κ1) is 12.1. The fraction of sp³-hybridized carbons (Fsp3) is 0.250. The molecule has 0 aliphatic carbocycles. The smallest absolute Gasteiger partial charge is 0.130 e. The van der Waals surface area contributed by atoms with Gasteiger partial charge in [0.25, 0.3) is 0 Å². The number of hydrogen-bond donors (Lipinski definition) is 1. The first-order chi connectivity index (χ1) is 8.15. The Kier molecular flexibility index (Phi) is 3.81. The molecule has 0 fully saturated rings. The third-order valence-corrected chi connectivity index (χ3v) is 3.21. The minimum atomic E-state index is -0.552. The molecular weight excluding hydrogens is 242 g/mol. The molecule has 0 spiro atoms. The lowest BCUT2D eigenvalue weighted by Gasteiger charge is -2.04. The fourth-order valence-corrected chi connectivity index (χ4v) is 2.24. The van der Waals surface area contributed by atoms with E-state index in [2.05, 4.69) is 10.3 Å². The molecule has 0 aliphatic rings. The molecule has 2 rings (SSSR count). The molecule has 17 heavy (non-hydrogen) atoms. The Balaban J connectivity index is 1.90. The molecule has 1 N–H and O–H groups in total. The second kappa shape index (κ2) is 5.33. The Labute approximate surface area is 102 Å². The number of rotatable bonds is 4. The number of nitrogens with zero attached hydrogens (tertiary/aromatic N) is 1. The molecule has 5 heteroatoms. The van der Waals surface area contributed by atoms with Crippen molar-refractivity contribution in [1.29, 1.82) is 0 Å². The molecular formula is C12H12F2N2S. The van der Waals surface area contributed by atoms with Gasteiger partial charge < -0.3 is 5.32 Å². The predicted octanol–water partition coefficient (Wildman–Crippen LogP) is 3.02. The molecule has 2 aromatic rings. The maximum Gasteiger partial charge on any atom is 0.130 e. The summed E-state index contributed by atoms with van der Waals surface area (Å²) in [6, 6.07) is 3.61. The highest BCUT2D eigenvalue weighted by atomic mass is 32.1. The van der Waals surface area contributed by atoms with Crippen molar-refractivity contribution in [3.05, 3.63) is 51.5 Å². The molecule has 0 saturated carbocycles. The minimum absolute atomic E-state index is 0.378. The van der Waals surface area contributed by atoms with Gasteiger partial charge >= 0.3 is 0 Å². The summed E-state index contributed by atoms with van der Waals surface area (Å²) in [4.78, 5) is 5.23. The van der Waals surface area contributed by atoms with E-state index in [1.165, 1.54) is 12.1 Å². The van der Waals surface area contributed by atoms with Crippen molar-refractivity contribution >= 4 is 11.3 Å². The van der Waals surface area contributed by atoms with Crippen LogP contribution in [0.2, 0.25) is 0 Å². The zero-order valence-corrected chi connectivity index (χ0v) is 10.2. The van der Waals surface area contributed by atoms with Crippen molar-refractivity contribution in [1.82, 2.24) is 10.3 Å². The van der Waals surface area contributed by atoms with Crippen molar-refractivity contribution < 1.29 is 8.78 Å². The maximum atomic E-state index is 13.3. The van der Waals surface area contributed by atoms with Crippen molar-refractivity contribution in [2.45, 2.75) is 20.0 Å². The SMILES string of the molecule is Cc1ncc(CNCc2ccc(F)cc2F)s1. The lowest BCUT2D eigenvalue weighted by molar-refractivity contribution is 0.560. The molecule has 0 aliphatic heterocycles. The van der Waals surface area contributed by atoms with E-state index in [1.54, 1.807) is 17.5 Å². The van der Waals surface area contributed by atoms with Crippen molar-refractivity contribution in [2.24, 2.45) is 0 Å². The van der Waals surface area contributed by atoms with E-state index in [-0.39, 0.29) is 0 Å². The van der Waals surface area contributed by atoms with Gasteiger partial charge in [0, 0.05) is 35.8 Å². The van der Waals surface area contributed by atoms with Crippen LogP contribution in [0.25, 0.3) is 0 Å². The van der Waals surface area contributed by atoms with Gasteiger partial charge in [0.2, 0.25) is 0 Å².